The maximum absolute atomic E-state index is 14.3. The molecule has 0 N–H and O–H groups in total. The molecule has 0 amide bonds. The van der Waals surface area contributed by atoms with Gasteiger partial charge in [-0.25, -0.2) is 37.3 Å². The molecule has 1 aromatic heterocycles. The third-order valence-electron chi connectivity index (χ3n) is 3.37. The Bertz CT molecular complexity index is 995. The molecule has 25 heavy (non-hydrogen) atoms. The first kappa shape index (κ1) is 18.7. The van der Waals surface area contributed by atoms with E-state index in [1.165, 1.54) is 0 Å². The van der Waals surface area contributed by atoms with Gasteiger partial charge in [-0.1, -0.05) is 11.6 Å². The van der Waals surface area contributed by atoms with Crippen LogP contribution in [0, 0.1) is 5.82 Å². The Kier molecular flexibility index (Phi) is 4.98. The fourth-order valence-corrected chi connectivity index (χ4v) is 2.35. The van der Waals surface area contributed by atoms with E-state index in [2.05, 4.69) is 0 Å². The molecule has 0 aliphatic rings. The van der Waals surface area contributed by atoms with Crippen LogP contribution in [0.5, 0.6) is 0 Å². The van der Waals surface area contributed by atoms with Gasteiger partial charge in [-0.3, -0.25) is 0 Å². The first-order valence-corrected chi connectivity index (χ1v) is 7.53. The first-order chi connectivity index (χ1) is 11.6. The largest absolute Gasteiger partial charge is 0.459 e. The molecule has 0 radical (unpaired) electrons. The summed E-state index contributed by atoms with van der Waals surface area (Å²) >= 11 is 5.87. The molecular weight excluding hydrogens is 357 g/mol. The minimum atomic E-state index is -1.06. The summed E-state index contributed by atoms with van der Waals surface area (Å²) in [5, 5.41) is -0.235. The van der Waals surface area contributed by atoms with E-state index in [1.54, 1.807) is 13.8 Å². The Morgan fingerprint density at radius 2 is 1.60 bits per heavy atom. The molecule has 2 rings (SSSR count). The van der Waals surface area contributed by atoms with Gasteiger partial charge in [0.15, 0.2) is 0 Å². The van der Waals surface area contributed by atoms with Crippen LogP contribution in [0.1, 0.15) is 24.2 Å². The van der Waals surface area contributed by atoms with Crippen molar-refractivity contribution < 1.29 is 13.9 Å². The van der Waals surface area contributed by atoms with Crippen LogP contribution >= 0.6 is 11.6 Å². The normalized spacial score (nSPS) is 11.0. The minimum absolute atomic E-state index is 0.213. The maximum Gasteiger partial charge on any atom is 0.340 e. The standard InChI is InChI=1S/C15H15ClFN3O5/c1-7(2)25-12(21)8-5-11(10(17)6-9(8)16)20-14(23)18(3)13(22)19(4)15(20)24/h5-7H,1-4H3. The summed E-state index contributed by atoms with van der Waals surface area (Å²) in [6.07, 6.45) is -0.454. The number of carbonyl (C=O) groups is 1. The van der Waals surface area contributed by atoms with Crippen LogP contribution in [0.15, 0.2) is 26.5 Å². The van der Waals surface area contributed by atoms with Gasteiger partial charge in [0.05, 0.1) is 22.4 Å². The van der Waals surface area contributed by atoms with Crippen LogP contribution in [-0.2, 0) is 18.8 Å². The SMILES string of the molecule is CC(C)OC(=O)c1cc(-n2c(=O)n(C)c(=O)n(C)c2=O)c(F)cc1Cl. The fourth-order valence-electron chi connectivity index (χ4n) is 2.12. The van der Waals surface area contributed by atoms with Crippen molar-refractivity contribution in [2.45, 2.75) is 20.0 Å². The van der Waals surface area contributed by atoms with Crippen molar-refractivity contribution in [3.63, 3.8) is 0 Å². The van der Waals surface area contributed by atoms with Crippen molar-refractivity contribution in [2.24, 2.45) is 14.1 Å². The molecule has 0 atom stereocenters. The molecule has 1 heterocycles. The number of aromatic nitrogens is 3. The van der Waals surface area contributed by atoms with E-state index in [0.717, 1.165) is 26.2 Å². The van der Waals surface area contributed by atoms with Crippen LogP contribution in [0.2, 0.25) is 5.02 Å². The zero-order chi connectivity index (χ0) is 19.0. The summed E-state index contributed by atoms with van der Waals surface area (Å²) in [4.78, 5) is 48.3. The van der Waals surface area contributed by atoms with Crippen LogP contribution in [0.4, 0.5) is 4.39 Å². The Balaban J connectivity index is 2.82. The van der Waals surface area contributed by atoms with Crippen molar-refractivity contribution in [2.75, 3.05) is 0 Å². The highest BCUT2D eigenvalue weighted by atomic mass is 35.5. The predicted octanol–water partition coefficient (Wildman–Crippen LogP) is 0.593. The van der Waals surface area contributed by atoms with E-state index in [4.69, 9.17) is 16.3 Å². The van der Waals surface area contributed by atoms with Gasteiger partial charge in [0.2, 0.25) is 0 Å². The second-order valence-corrected chi connectivity index (χ2v) is 5.95. The molecule has 0 saturated heterocycles. The predicted molar refractivity (Wildman–Crippen MR) is 88.0 cm³/mol. The molecule has 1 aromatic carbocycles. The molecule has 10 heteroatoms. The summed E-state index contributed by atoms with van der Waals surface area (Å²) < 4.78 is 21.1. The van der Waals surface area contributed by atoms with E-state index in [1.807, 2.05) is 0 Å². The molecule has 0 fully saturated rings. The second kappa shape index (κ2) is 6.67. The number of halogens is 2. The van der Waals surface area contributed by atoms with Crippen molar-refractivity contribution in [1.29, 1.82) is 0 Å². The third-order valence-corrected chi connectivity index (χ3v) is 3.68. The number of carbonyl (C=O) groups excluding carboxylic acids is 1. The van der Waals surface area contributed by atoms with Gasteiger partial charge in [0, 0.05) is 14.1 Å². The molecule has 0 bridgehead atoms. The number of benzene rings is 1. The monoisotopic (exact) mass is 371 g/mol. The quantitative estimate of drug-likeness (QED) is 0.736. The van der Waals surface area contributed by atoms with Crippen molar-refractivity contribution >= 4 is 17.6 Å². The highest BCUT2D eigenvalue weighted by molar-refractivity contribution is 6.33. The lowest BCUT2D eigenvalue weighted by Gasteiger charge is -2.13. The third kappa shape index (κ3) is 3.27. The summed E-state index contributed by atoms with van der Waals surface area (Å²) in [6, 6.07) is 1.74. The van der Waals surface area contributed by atoms with Crippen molar-refractivity contribution in [3.05, 3.63) is 60.0 Å². The summed E-state index contributed by atoms with van der Waals surface area (Å²) in [5.41, 5.74) is -3.70. The van der Waals surface area contributed by atoms with E-state index >= 15 is 0 Å². The molecule has 0 saturated carbocycles. The fraction of sp³-hybridized carbons (Fsp3) is 0.333. The molecule has 0 aliphatic heterocycles. The second-order valence-electron chi connectivity index (χ2n) is 5.54. The minimum Gasteiger partial charge on any atom is -0.459 e. The van der Waals surface area contributed by atoms with E-state index in [9.17, 15) is 23.6 Å². The number of hydrogen-bond acceptors (Lipinski definition) is 5. The topological polar surface area (TPSA) is 92.3 Å². The molecule has 0 spiro atoms. The number of hydrogen-bond donors (Lipinski definition) is 0. The summed E-state index contributed by atoms with van der Waals surface area (Å²) in [6.45, 7) is 3.23. The number of rotatable bonds is 3. The van der Waals surface area contributed by atoms with Gasteiger partial charge < -0.3 is 4.74 Å². The van der Waals surface area contributed by atoms with Crippen LogP contribution in [0.25, 0.3) is 5.69 Å². The van der Waals surface area contributed by atoms with Gasteiger partial charge in [-0.05, 0) is 26.0 Å². The van der Waals surface area contributed by atoms with Gasteiger partial charge in [-0.15, -0.1) is 0 Å². The average Bonchev–Trinajstić information content (AvgIpc) is 2.52. The summed E-state index contributed by atoms with van der Waals surface area (Å²) in [5.74, 6) is -1.85. The summed E-state index contributed by atoms with van der Waals surface area (Å²) in [7, 11) is 2.28. The van der Waals surface area contributed by atoms with Crippen molar-refractivity contribution in [1.82, 2.24) is 13.7 Å². The van der Waals surface area contributed by atoms with Gasteiger partial charge in [-0.2, -0.15) is 0 Å². The first-order valence-electron chi connectivity index (χ1n) is 7.15. The molecule has 134 valence electrons. The van der Waals surface area contributed by atoms with Crippen LogP contribution in [-0.4, -0.2) is 25.8 Å². The van der Waals surface area contributed by atoms with Crippen molar-refractivity contribution in [3.8, 4) is 5.69 Å². The highest BCUT2D eigenvalue weighted by Crippen LogP contribution is 2.23. The van der Waals surface area contributed by atoms with Gasteiger partial charge in [0.25, 0.3) is 0 Å². The lowest BCUT2D eigenvalue weighted by Crippen LogP contribution is -2.52. The molecule has 0 unspecified atom stereocenters. The van der Waals surface area contributed by atoms with E-state index in [0.29, 0.717) is 13.7 Å². The zero-order valence-electron chi connectivity index (χ0n) is 13.9. The van der Waals surface area contributed by atoms with E-state index < -0.39 is 40.6 Å². The lowest BCUT2D eigenvalue weighted by atomic mass is 10.2. The molecule has 8 nitrogen and oxygen atoms in total. The molecular formula is C15H15ClFN3O5. The van der Waals surface area contributed by atoms with E-state index in [-0.39, 0.29) is 10.6 Å². The molecule has 0 aliphatic carbocycles. The van der Waals surface area contributed by atoms with Gasteiger partial charge in [0.1, 0.15) is 5.82 Å². The maximum atomic E-state index is 14.3. The average molecular weight is 372 g/mol. The smallest absolute Gasteiger partial charge is 0.340 e. The Hall–Kier alpha value is -2.68. The Morgan fingerprint density at radius 1 is 1.08 bits per heavy atom. The van der Waals surface area contributed by atoms with Crippen LogP contribution < -0.4 is 17.1 Å². The van der Waals surface area contributed by atoms with Gasteiger partial charge >= 0.3 is 23.0 Å². The number of nitrogens with zero attached hydrogens (tertiary/aromatic N) is 3. The highest BCUT2D eigenvalue weighted by Gasteiger charge is 2.21. The zero-order valence-corrected chi connectivity index (χ0v) is 14.6. The Labute approximate surface area is 145 Å². The Morgan fingerprint density at radius 3 is 2.08 bits per heavy atom. The van der Waals surface area contributed by atoms with Crippen LogP contribution in [0.3, 0.4) is 0 Å². The number of ether oxygens (including phenoxy) is 1. The lowest BCUT2D eigenvalue weighted by molar-refractivity contribution is 0.0378. The molecule has 2 aromatic rings. The number of esters is 1.